The van der Waals surface area contributed by atoms with Crippen molar-refractivity contribution < 1.29 is 0 Å². The van der Waals surface area contributed by atoms with Gasteiger partial charge in [0.25, 0.3) is 0 Å². The normalized spacial score (nSPS) is 12.9. The topological polar surface area (TPSA) is 29.9 Å². The van der Waals surface area contributed by atoms with Gasteiger partial charge in [-0.2, -0.15) is 5.10 Å². The Labute approximate surface area is 100 Å². The number of nitrogens with zero attached hydrogens (tertiary/aromatic N) is 2. The van der Waals surface area contributed by atoms with E-state index in [0.29, 0.717) is 0 Å². The van der Waals surface area contributed by atoms with Crippen LogP contribution in [0.15, 0.2) is 23.8 Å². The number of aryl methyl sites for hydroxylation is 2. The summed E-state index contributed by atoms with van der Waals surface area (Å²) in [6.07, 6.45) is 4.01. The molecule has 2 rings (SSSR count). The summed E-state index contributed by atoms with van der Waals surface area (Å²) in [4.78, 5) is 1.38. The smallest absolute Gasteiger partial charge is 0.0704 e. The first-order chi connectivity index (χ1) is 7.72. The molecule has 0 spiro atoms. The average Bonchev–Trinajstić information content (AvgIpc) is 2.84. The van der Waals surface area contributed by atoms with Gasteiger partial charge in [-0.1, -0.05) is 6.92 Å². The third-order valence-electron chi connectivity index (χ3n) is 2.63. The molecule has 0 bridgehead atoms. The zero-order valence-corrected chi connectivity index (χ0v) is 10.7. The molecule has 0 fully saturated rings. The Bertz CT molecular complexity index is 458. The summed E-state index contributed by atoms with van der Waals surface area (Å²) in [6, 6.07) is 2.44. The monoisotopic (exact) mass is 235 g/mol. The predicted molar refractivity (Wildman–Crippen MR) is 67.8 cm³/mol. The lowest BCUT2D eigenvalue weighted by Crippen LogP contribution is -2.21. The molecule has 0 aliphatic heterocycles. The molecule has 86 valence electrons. The summed E-state index contributed by atoms with van der Waals surface area (Å²) >= 11 is 1.80. The predicted octanol–water partition coefficient (Wildman–Crippen LogP) is 2.49. The Balaban J connectivity index is 2.34. The highest BCUT2D eigenvalue weighted by Crippen LogP contribution is 2.28. The molecule has 0 aliphatic carbocycles. The highest BCUT2D eigenvalue weighted by molar-refractivity contribution is 7.10. The third-order valence-corrected chi connectivity index (χ3v) is 3.71. The molecule has 3 nitrogen and oxygen atoms in total. The Morgan fingerprint density at radius 1 is 1.56 bits per heavy atom. The summed E-state index contributed by atoms with van der Waals surface area (Å²) < 4.78 is 1.85. The number of hydrogen-bond donors (Lipinski definition) is 1. The fourth-order valence-corrected chi connectivity index (χ4v) is 2.86. The Hall–Kier alpha value is -1.13. The van der Waals surface area contributed by atoms with E-state index < -0.39 is 0 Å². The molecule has 16 heavy (non-hydrogen) atoms. The first-order valence-corrected chi connectivity index (χ1v) is 6.36. The number of nitrogens with one attached hydrogen (secondary N) is 1. The van der Waals surface area contributed by atoms with Crippen LogP contribution in [0.1, 0.15) is 29.0 Å². The minimum absolute atomic E-state index is 0.277. The lowest BCUT2D eigenvalue weighted by Gasteiger charge is -2.15. The molecule has 1 atom stereocenters. The summed E-state index contributed by atoms with van der Waals surface area (Å²) in [5.74, 6) is 0. The van der Waals surface area contributed by atoms with Gasteiger partial charge in [-0.05, 0) is 30.5 Å². The molecule has 1 unspecified atom stereocenters. The fraction of sp³-hybridized carbons (Fsp3) is 0.417. The summed E-state index contributed by atoms with van der Waals surface area (Å²) in [5.41, 5.74) is 2.58. The molecule has 0 radical (unpaired) electrons. The second-order valence-electron chi connectivity index (χ2n) is 3.91. The van der Waals surface area contributed by atoms with Gasteiger partial charge in [-0.3, -0.25) is 4.68 Å². The maximum atomic E-state index is 4.24. The highest BCUT2D eigenvalue weighted by Gasteiger charge is 2.17. The fourth-order valence-electron chi connectivity index (χ4n) is 1.84. The standard InChI is InChI=1S/C12H17N3S/c1-4-13-11(10-7-14-15(3)8-10)12-9(2)5-6-16-12/h5-8,11,13H,4H2,1-3H3. The Morgan fingerprint density at radius 3 is 2.88 bits per heavy atom. The average molecular weight is 235 g/mol. The van der Waals surface area contributed by atoms with E-state index in [1.165, 1.54) is 16.0 Å². The number of hydrogen-bond acceptors (Lipinski definition) is 3. The van der Waals surface area contributed by atoms with Crippen LogP contribution >= 0.6 is 11.3 Å². The molecule has 4 heteroatoms. The zero-order chi connectivity index (χ0) is 11.5. The molecule has 2 heterocycles. The second kappa shape index (κ2) is 4.80. The van der Waals surface area contributed by atoms with Gasteiger partial charge in [0.1, 0.15) is 0 Å². The van der Waals surface area contributed by atoms with Crippen molar-refractivity contribution in [2.75, 3.05) is 6.54 Å². The minimum atomic E-state index is 0.277. The van der Waals surface area contributed by atoms with Crippen LogP contribution in [0.2, 0.25) is 0 Å². The van der Waals surface area contributed by atoms with Crippen LogP contribution in [0, 0.1) is 6.92 Å². The lowest BCUT2D eigenvalue weighted by molar-refractivity contribution is 0.636. The molecule has 1 N–H and O–H groups in total. The van der Waals surface area contributed by atoms with Gasteiger partial charge < -0.3 is 5.32 Å². The number of aromatic nitrogens is 2. The molecule has 0 amide bonds. The van der Waals surface area contributed by atoms with Gasteiger partial charge >= 0.3 is 0 Å². The molecule has 2 aromatic rings. The maximum Gasteiger partial charge on any atom is 0.0704 e. The minimum Gasteiger partial charge on any atom is -0.306 e. The van der Waals surface area contributed by atoms with Gasteiger partial charge in [0.05, 0.1) is 12.2 Å². The number of thiophene rings is 1. The van der Waals surface area contributed by atoms with E-state index in [-0.39, 0.29) is 6.04 Å². The van der Waals surface area contributed by atoms with Crippen LogP contribution in [0.4, 0.5) is 0 Å². The van der Waals surface area contributed by atoms with Crippen molar-refractivity contribution in [3.63, 3.8) is 0 Å². The van der Waals surface area contributed by atoms with E-state index >= 15 is 0 Å². The van der Waals surface area contributed by atoms with Crippen molar-refractivity contribution in [2.45, 2.75) is 19.9 Å². The largest absolute Gasteiger partial charge is 0.306 e. The Kier molecular flexibility index (Phi) is 3.41. The quantitative estimate of drug-likeness (QED) is 0.882. The van der Waals surface area contributed by atoms with Gasteiger partial charge in [0, 0.05) is 23.7 Å². The van der Waals surface area contributed by atoms with Crippen molar-refractivity contribution in [2.24, 2.45) is 7.05 Å². The van der Waals surface area contributed by atoms with E-state index in [2.05, 4.69) is 41.9 Å². The lowest BCUT2D eigenvalue weighted by atomic mass is 10.1. The van der Waals surface area contributed by atoms with Crippen LogP contribution in [-0.4, -0.2) is 16.3 Å². The van der Waals surface area contributed by atoms with Crippen molar-refractivity contribution in [3.05, 3.63) is 39.8 Å². The first kappa shape index (κ1) is 11.4. The number of rotatable bonds is 4. The second-order valence-corrected chi connectivity index (χ2v) is 4.85. The zero-order valence-electron chi connectivity index (χ0n) is 9.90. The first-order valence-electron chi connectivity index (χ1n) is 5.48. The van der Waals surface area contributed by atoms with Gasteiger partial charge in [-0.25, -0.2) is 0 Å². The van der Waals surface area contributed by atoms with E-state index in [4.69, 9.17) is 0 Å². The SMILES string of the molecule is CCNC(c1cnn(C)c1)c1sccc1C. The van der Waals surface area contributed by atoms with E-state index in [9.17, 15) is 0 Å². The summed E-state index contributed by atoms with van der Waals surface area (Å²) in [6.45, 7) is 5.25. The third kappa shape index (κ3) is 2.18. The van der Waals surface area contributed by atoms with Gasteiger partial charge in [0.2, 0.25) is 0 Å². The van der Waals surface area contributed by atoms with Gasteiger partial charge in [-0.15, -0.1) is 11.3 Å². The van der Waals surface area contributed by atoms with Crippen LogP contribution in [0.5, 0.6) is 0 Å². The Morgan fingerprint density at radius 2 is 2.38 bits per heavy atom. The molecule has 0 saturated carbocycles. The highest BCUT2D eigenvalue weighted by atomic mass is 32.1. The van der Waals surface area contributed by atoms with Crippen molar-refractivity contribution >= 4 is 11.3 Å². The van der Waals surface area contributed by atoms with Crippen LogP contribution in [0.3, 0.4) is 0 Å². The van der Waals surface area contributed by atoms with Crippen LogP contribution in [-0.2, 0) is 7.05 Å². The maximum absolute atomic E-state index is 4.24. The van der Waals surface area contributed by atoms with Crippen LogP contribution in [0.25, 0.3) is 0 Å². The van der Waals surface area contributed by atoms with E-state index in [1.54, 1.807) is 11.3 Å². The molecular weight excluding hydrogens is 218 g/mol. The molecule has 0 saturated heterocycles. The van der Waals surface area contributed by atoms with Gasteiger partial charge in [0.15, 0.2) is 0 Å². The molecule has 0 aliphatic rings. The van der Waals surface area contributed by atoms with E-state index in [1.807, 2.05) is 17.9 Å². The van der Waals surface area contributed by atoms with Crippen molar-refractivity contribution in [3.8, 4) is 0 Å². The van der Waals surface area contributed by atoms with E-state index in [0.717, 1.165) is 6.54 Å². The summed E-state index contributed by atoms with van der Waals surface area (Å²) in [5, 5.41) is 9.90. The van der Waals surface area contributed by atoms with Crippen molar-refractivity contribution in [1.29, 1.82) is 0 Å². The molecule has 0 aromatic carbocycles. The molecule has 2 aromatic heterocycles. The van der Waals surface area contributed by atoms with Crippen molar-refractivity contribution in [1.82, 2.24) is 15.1 Å². The summed E-state index contributed by atoms with van der Waals surface area (Å²) in [7, 11) is 1.95. The molecular formula is C12H17N3S. The van der Waals surface area contributed by atoms with Crippen LogP contribution < -0.4 is 5.32 Å².